The summed E-state index contributed by atoms with van der Waals surface area (Å²) in [7, 11) is 1.65. The molecule has 1 aromatic carbocycles. The number of nitrogens with one attached hydrogen (secondary N) is 1. The second kappa shape index (κ2) is 5.25. The number of methoxy groups -OCH3 is 1. The first kappa shape index (κ1) is 10.6. The highest BCUT2D eigenvalue weighted by molar-refractivity contribution is 5.36. The minimum atomic E-state index is 0.358. The van der Waals surface area contributed by atoms with Crippen LogP contribution < -0.4 is 10.1 Å². The van der Waals surface area contributed by atoms with E-state index in [4.69, 9.17) is 10.00 Å². The molecule has 0 aromatic heterocycles. The number of nitrogens with zero attached hydrogens (tertiary/aromatic N) is 1. The van der Waals surface area contributed by atoms with Gasteiger partial charge < -0.3 is 10.1 Å². The monoisotopic (exact) mass is 190 g/mol. The fourth-order valence-electron chi connectivity index (χ4n) is 1.30. The van der Waals surface area contributed by atoms with Gasteiger partial charge in [-0.3, -0.25) is 0 Å². The molecule has 0 atom stereocenters. The number of hydrogen-bond donors (Lipinski definition) is 1. The van der Waals surface area contributed by atoms with E-state index in [1.165, 1.54) is 5.56 Å². The highest BCUT2D eigenvalue weighted by atomic mass is 16.5. The second-order valence-electron chi connectivity index (χ2n) is 3.08. The molecule has 0 spiro atoms. The van der Waals surface area contributed by atoms with Gasteiger partial charge in [0.25, 0.3) is 0 Å². The maximum Gasteiger partial charge on any atom is 0.123 e. The standard InChI is InChI=1S/C11H14N2O/c1-9-3-4-11(14-2)10(7-9)8-13-6-5-12/h3-4,7,13H,6,8H2,1-2H3. The van der Waals surface area contributed by atoms with E-state index in [9.17, 15) is 0 Å². The van der Waals surface area contributed by atoms with Gasteiger partial charge in [0.05, 0.1) is 19.7 Å². The molecule has 0 fully saturated rings. The number of hydrogen-bond acceptors (Lipinski definition) is 3. The highest BCUT2D eigenvalue weighted by Gasteiger charge is 2.01. The first-order valence-corrected chi connectivity index (χ1v) is 4.49. The lowest BCUT2D eigenvalue weighted by Crippen LogP contribution is -2.13. The third-order valence-corrected chi connectivity index (χ3v) is 1.96. The summed E-state index contributed by atoms with van der Waals surface area (Å²) in [5, 5.41) is 11.4. The molecule has 0 saturated carbocycles. The molecule has 0 bridgehead atoms. The lowest BCUT2D eigenvalue weighted by atomic mass is 10.1. The zero-order valence-electron chi connectivity index (χ0n) is 8.50. The van der Waals surface area contributed by atoms with Crippen LogP contribution in [0.4, 0.5) is 0 Å². The molecule has 3 heteroatoms. The number of rotatable bonds is 4. The molecule has 1 rings (SSSR count). The Bertz CT molecular complexity index is 342. The molecule has 0 saturated heterocycles. The number of benzene rings is 1. The van der Waals surface area contributed by atoms with Crippen LogP contribution in [0.2, 0.25) is 0 Å². The summed E-state index contributed by atoms with van der Waals surface area (Å²) >= 11 is 0. The predicted molar refractivity (Wildman–Crippen MR) is 55.1 cm³/mol. The second-order valence-corrected chi connectivity index (χ2v) is 3.08. The molecular weight excluding hydrogens is 176 g/mol. The fraction of sp³-hybridized carbons (Fsp3) is 0.364. The molecule has 0 aliphatic heterocycles. The topological polar surface area (TPSA) is 45.0 Å². The van der Waals surface area contributed by atoms with Gasteiger partial charge in [-0.1, -0.05) is 17.7 Å². The van der Waals surface area contributed by atoms with Crippen molar-refractivity contribution in [2.45, 2.75) is 13.5 Å². The average molecular weight is 190 g/mol. The van der Waals surface area contributed by atoms with Crippen LogP contribution in [0.3, 0.4) is 0 Å². The summed E-state index contributed by atoms with van der Waals surface area (Å²) in [4.78, 5) is 0. The highest BCUT2D eigenvalue weighted by Crippen LogP contribution is 2.18. The molecule has 14 heavy (non-hydrogen) atoms. The molecule has 3 nitrogen and oxygen atoms in total. The molecule has 0 unspecified atom stereocenters. The molecule has 0 aliphatic carbocycles. The Labute approximate surface area is 84.3 Å². The SMILES string of the molecule is COc1ccc(C)cc1CNCC#N. The van der Waals surface area contributed by atoms with E-state index in [1.807, 2.05) is 25.1 Å². The molecule has 1 aromatic rings. The lowest BCUT2D eigenvalue weighted by Gasteiger charge is -2.08. The average Bonchev–Trinajstić information content (AvgIpc) is 2.19. The van der Waals surface area contributed by atoms with E-state index in [0.29, 0.717) is 13.1 Å². The van der Waals surface area contributed by atoms with Crippen molar-refractivity contribution in [2.24, 2.45) is 0 Å². The first-order chi connectivity index (χ1) is 6.77. The van der Waals surface area contributed by atoms with Crippen molar-refractivity contribution in [1.82, 2.24) is 5.32 Å². The van der Waals surface area contributed by atoms with Gasteiger partial charge in [-0.05, 0) is 13.0 Å². The molecule has 74 valence electrons. The van der Waals surface area contributed by atoms with Crippen molar-refractivity contribution >= 4 is 0 Å². The zero-order valence-corrected chi connectivity index (χ0v) is 8.50. The maximum absolute atomic E-state index is 8.38. The van der Waals surface area contributed by atoms with E-state index in [2.05, 4.69) is 11.4 Å². The van der Waals surface area contributed by atoms with Crippen LogP contribution in [-0.2, 0) is 6.54 Å². The van der Waals surface area contributed by atoms with Gasteiger partial charge in [-0.15, -0.1) is 0 Å². The van der Waals surface area contributed by atoms with E-state index in [0.717, 1.165) is 11.3 Å². The van der Waals surface area contributed by atoms with Gasteiger partial charge in [-0.25, -0.2) is 0 Å². The van der Waals surface area contributed by atoms with Crippen LogP contribution in [0.1, 0.15) is 11.1 Å². The Morgan fingerprint density at radius 2 is 2.29 bits per heavy atom. The van der Waals surface area contributed by atoms with Crippen molar-refractivity contribution in [3.63, 3.8) is 0 Å². The summed E-state index contributed by atoms with van der Waals surface area (Å²) < 4.78 is 5.21. The van der Waals surface area contributed by atoms with Gasteiger partial charge in [0.1, 0.15) is 5.75 Å². The van der Waals surface area contributed by atoms with E-state index >= 15 is 0 Å². The third kappa shape index (κ3) is 2.75. The Kier molecular flexibility index (Phi) is 3.96. The Hall–Kier alpha value is -1.53. The van der Waals surface area contributed by atoms with Crippen LogP contribution in [0.15, 0.2) is 18.2 Å². The first-order valence-electron chi connectivity index (χ1n) is 4.49. The van der Waals surface area contributed by atoms with Crippen molar-refractivity contribution < 1.29 is 4.74 Å². The third-order valence-electron chi connectivity index (χ3n) is 1.96. The van der Waals surface area contributed by atoms with Crippen molar-refractivity contribution in [3.8, 4) is 11.8 Å². The van der Waals surface area contributed by atoms with Crippen LogP contribution in [0.5, 0.6) is 5.75 Å². The molecule has 1 N–H and O–H groups in total. The number of aryl methyl sites for hydroxylation is 1. The summed E-state index contributed by atoms with van der Waals surface area (Å²) in [6.45, 7) is 3.06. The van der Waals surface area contributed by atoms with Crippen LogP contribution in [0, 0.1) is 18.3 Å². The molecule has 0 amide bonds. The largest absolute Gasteiger partial charge is 0.496 e. The van der Waals surface area contributed by atoms with Gasteiger partial charge in [0.2, 0.25) is 0 Å². The Morgan fingerprint density at radius 3 is 2.93 bits per heavy atom. The smallest absolute Gasteiger partial charge is 0.123 e. The minimum absolute atomic E-state index is 0.358. The van der Waals surface area contributed by atoms with Crippen molar-refractivity contribution in [1.29, 1.82) is 5.26 Å². The predicted octanol–water partition coefficient (Wildman–Crippen LogP) is 1.62. The number of nitriles is 1. The Morgan fingerprint density at radius 1 is 1.50 bits per heavy atom. The van der Waals surface area contributed by atoms with Crippen LogP contribution in [0.25, 0.3) is 0 Å². The summed E-state index contributed by atoms with van der Waals surface area (Å²) in [6.07, 6.45) is 0. The van der Waals surface area contributed by atoms with Gasteiger partial charge in [0.15, 0.2) is 0 Å². The maximum atomic E-state index is 8.38. The van der Waals surface area contributed by atoms with Crippen LogP contribution in [-0.4, -0.2) is 13.7 Å². The van der Waals surface area contributed by atoms with Gasteiger partial charge in [-0.2, -0.15) is 5.26 Å². The van der Waals surface area contributed by atoms with E-state index in [1.54, 1.807) is 7.11 Å². The van der Waals surface area contributed by atoms with E-state index < -0.39 is 0 Å². The lowest BCUT2D eigenvalue weighted by molar-refractivity contribution is 0.408. The normalized spacial score (nSPS) is 9.50. The van der Waals surface area contributed by atoms with Crippen molar-refractivity contribution in [3.05, 3.63) is 29.3 Å². The summed E-state index contributed by atoms with van der Waals surface area (Å²) in [6, 6.07) is 8.05. The number of ether oxygens (including phenoxy) is 1. The molecule has 0 radical (unpaired) electrons. The van der Waals surface area contributed by atoms with Crippen molar-refractivity contribution in [2.75, 3.05) is 13.7 Å². The van der Waals surface area contributed by atoms with Gasteiger partial charge in [0, 0.05) is 12.1 Å². The van der Waals surface area contributed by atoms with E-state index in [-0.39, 0.29) is 0 Å². The summed E-state index contributed by atoms with van der Waals surface area (Å²) in [5.41, 5.74) is 2.28. The molecule has 0 aliphatic rings. The molecule has 0 heterocycles. The van der Waals surface area contributed by atoms with Crippen LogP contribution >= 0.6 is 0 Å². The molecular formula is C11H14N2O. The Balaban J connectivity index is 2.73. The quantitative estimate of drug-likeness (QED) is 0.579. The van der Waals surface area contributed by atoms with Gasteiger partial charge >= 0.3 is 0 Å². The fourth-order valence-corrected chi connectivity index (χ4v) is 1.30. The summed E-state index contributed by atoms with van der Waals surface area (Å²) in [5.74, 6) is 0.862. The zero-order chi connectivity index (χ0) is 10.4. The minimum Gasteiger partial charge on any atom is -0.496 e.